The molecule has 19 heavy (non-hydrogen) atoms. The van der Waals surface area contributed by atoms with Crippen LogP contribution < -0.4 is 5.32 Å². The van der Waals surface area contributed by atoms with Crippen molar-refractivity contribution in [3.8, 4) is 0 Å². The second-order valence-corrected chi connectivity index (χ2v) is 6.04. The molecule has 0 aromatic carbocycles. The first-order chi connectivity index (χ1) is 8.95. The topological polar surface area (TPSA) is 58.6 Å². The van der Waals surface area contributed by atoms with E-state index in [1.165, 1.54) is 0 Å². The molecule has 1 saturated carbocycles. The Hall–Kier alpha value is -1.10. The van der Waals surface area contributed by atoms with Crippen LogP contribution in [0.25, 0.3) is 0 Å². The van der Waals surface area contributed by atoms with Gasteiger partial charge in [0.1, 0.15) is 5.54 Å². The monoisotopic (exact) mass is 268 g/mol. The fourth-order valence-corrected chi connectivity index (χ4v) is 3.03. The fourth-order valence-electron chi connectivity index (χ4n) is 3.03. The zero-order valence-electron chi connectivity index (χ0n) is 12.1. The number of carbonyl (C=O) groups excluding carboxylic acids is 2. The van der Waals surface area contributed by atoms with Gasteiger partial charge >= 0.3 is 6.03 Å². The van der Waals surface area contributed by atoms with Crippen LogP contribution in [0.15, 0.2) is 0 Å². The summed E-state index contributed by atoms with van der Waals surface area (Å²) in [5.74, 6) is 0.525. The van der Waals surface area contributed by atoms with Gasteiger partial charge in [0.15, 0.2) is 0 Å². The molecule has 0 aromatic rings. The molecule has 2 fully saturated rings. The average molecular weight is 268 g/mol. The number of amides is 3. The van der Waals surface area contributed by atoms with E-state index < -0.39 is 5.54 Å². The highest BCUT2D eigenvalue weighted by atomic mass is 16.5. The Morgan fingerprint density at radius 3 is 2.58 bits per heavy atom. The molecule has 2 rings (SSSR count). The maximum Gasteiger partial charge on any atom is 0.325 e. The molecular weight excluding hydrogens is 244 g/mol. The molecule has 1 N–H and O–H groups in total. The van der Waals surface area contributed by atoms with Gasteiger partial charge in [-0.05, 0) is 45.4 Å². The summed E-state index contributed by atoms with van der Waals surface area (Å²) >= 11 is 0. The lowest BCUT2D eigenvalue weighted by atomic mass is 9.76. The average Bonchev–Trinajstić information content (AvgIpc) is 2.56. The van der Waals surface area contributed by atoms with Crippen molar-refractivity contribution in [2.24, 2.45) is 5.92 Å². The van der Waals surface area contributed by atoms with E-state index in [-0.39, 0.29) is 18.0 Å². The molecule has 1 saturated heterocycles. The molecule has 0 bridgehead atoms. The van der Waals surface area contributed by atoms with Crippen molar-refractivity contribution in [2.45, 2.75) is 58.1 Å². The van der Waals surface area contributed by atoms with Crippen molar-refractivity contribution >= 4 is 11.9 Å². The van der Waals surface area contributed by atoms with Gasteiger partial charge in [-0.2, -0.15) is 0 Å². The minimum Gasteiger partial charge on any atom is -0.377 e. The Balaban J connectivity index is 2.05. The number of urea groups is 1. The zero-order chi connectivity index (χ0) is 14.0. The quantitative estimate of drug-likeness (QED) is 0.792. The van der Waals surface area contributed by atoms with Gasteiger partial charge in [0.2, 0.25) is 0 Å². The lowest BCUT2D eigenvalue weighted by molar-refractivity contribution is -0.129. The normalized spacial score (nSPS) is 31.4. The summed E-state index contributed by atoms with van der Waals surface area (Å²) in [6, 6.07) is -0.257. The maximum absolute atomic E-state index is 12.2. The van der Waals surface area contributed by atoms with Crippen molar-refractivity contribution in [3.63, 3.8) is 0 Å². The summed E-state index contributed by atoms with van der Waals surface area (Å²) in [6.07, 6.45) is 3.69. The molecule has 0 aromatic heterocycles. The molecule has 0 atom stereocenters. The van der Waals surface area contributed by atoms with Gasteiger partial charge < -0.3 is 9.64 Å². The number of ether oxygens (including phenoxy) is 1. The van der Waals surface area contributed by atoms with Gasteiger partial charge in [0.25, 0.3) is 5.91 Å². The maximum atomic E-state index is 12.2. The zero-order valence-corrected chi connectivity index (χ0v) is 12.1. The Labute approximate surface area is 114 Å². The molecule has 3 amide bonds. The van der Waals surface area contributed by atoms with Gasteiger partial charge in [-0.25, -0.2) is 4.79 Å². The van der Waals surface area contributed by atoms with Crippen molar-refractivity contribution in [2.75, 3.05) is 13.2 Å². The minimum atomic E-state index is -0.607. The van der Waals surface area contributed by atoms with Crippen LogP contribution in [0.4, 0.5) is 4.79 Å². The highest BCUT2D eigenvalue weighted by molar-refractivity contribution is 6.07. The number of hydrogen-bond acceptors (Lipinski definition) is 3. The summed E-state index contributed by atoms with van der Waals surface area (Å²) in [7, 11) is 0. The molecule has 5 heteroatoms. The van der Waals surface area contributed by atoms with Crippen LogP contribution in [0.5, 0.6) is 0 Å². The number of rotatable bonds is 4. The van der Waals surface area contributed by atoms with Crippen molar-refractivity contribution in [1.29, 1.82) is 0 Å². The molecule has 1 heterocycles. The lowest BCUT2D eigenvalue weighted by Gasteiger charge is -2.40. The summed E-state index contributed by atoms with van der Waals surface area (Å²) < 4.78 is 5.51. The predicted molar refractivity (Wildman–Crippen MR) is 71.7 cm³/mol. The second kappa shape index (κ2) is 5.49. The van der Waals surface area contributed by atoms with E-state index in [2.05, 4.69) is 12.2 Å². The van der Waals surface area contributed by atoms with Crippen molar-refractivity contribution in [3.05, 3.63) is 0 Å². The molecule has 0 radical (unpaired) electrons. The van der Waals surface area contributed by atoms with Crippen LogP contribution in [0, 0.1) is 5.92 Å². The highest BCUT2D eigenvalue weighted by Crippen LogP contribution is 2.39. The van der Waals surface area contributed by atoms with Crippen LogP contribution in [0.2, 0.25) is 0 Å². The van der Waals surface area contributed by atoms with Crippen LogP contribution in [0.3, 0.4) is 0 Å². The van der Waals surface area contributed by atoms with E-state index in [0.717, 1.165) is 25.7 Å². The third-order valence-electron chi connectivity index (χ3n) is 4.27. The summed E-state index contributed by atoms with van der Waals surface area (Å²) in [4.78, 5) is 25.8. The van der Waals surface area contributed by atoms with Crippen LogP contribution in [0.1, 0.15) is 46.5 Å². The predicted octanol–water partition coefficient (Wildman–Crippen LogP) is 1.91. The molecule has 108 valence electrons. The van der Waals surface area contributed by atoms with Crippen LogP contribution in [-0.2, 0) is 9.53 Å². The Morgan fingerprint density at radius 1 is 1.37 bits per heavy atom. The van der Waals surface area contributed by atoms with E-state index in [9.17, 15) is 9.59 Å². The van der Waals surface area contributed by atoms with Gasteiger partial charge in [-0.15, -0.1) is 0 Å². The Kier molecular flexibility index (Phi) is 4.13. The van der Waals surface area contributed by atoms with Crippen molar-refractivity contribution < 1.29 is 14.3 Å². The molecule has 0 unspecified atom stereocenters. The summed E-state index contributed by atoms with van der Waals surface area (Å²) in [5, 5.41) is 2.47. The molecule has 5 nitrogen and oxygen atoms in total. The number of nitrogens with one attached hydrogen (secondary N) is 1. The minimum absolute atomic E-state index is 0.117. The summed E-state index contributed by atoms with van der Waals surface area (Å²) in [5.41, 5.74) is -0.607. The Morgan fingerprint density at radius 2 is 2.00 bits per heavy atom. The number of carbonyl (C=O) groups is 2. The highest BCUT2D eigenvalue weighted by Gasteiger charge is 2.53. The van der Waals surface area contributed by atoms with Gasteiger partial charge in [-0.3, -0.25) is 10.1 Å². The molecule has 1 aliphatic carbocycles. The Bertz CT molecular complexity index is 360. The van der Waals surface area contributed by atoms with E-state index in [4.69, 9.17) is 4.74 Å². The standard InChI is InChI=1S/C14H24N2O3/c1-10(2)19-9-8-16-13(18)15-12(17)14(16)6-4-11(3)5-7-14/h10-11H,4-9H2,1-3H3,(H,15,17,18). The van der Waals surface area contributed by atoms with E-state index >= 15 is 0 Å². The van der Waals surface area contributed by atoms with E-state index in [1.807, 2.05) is 13.8 Å². The first-order valence-corrected chi connectivity index (χ1v) is 7.20. The molecular formula is C14H24N2O3. The molecule has 1 spiro atoms. The smallest absolute Gasteiger partial charge is 0.325 e. The van der Waals surface area contributed by atoms with Crippen LogP contribution in [-0.4, -0.2) is 41.6 Å². The third-order valence-corrected chi connectivity index (χ3v) is 4.27. The van der Waals surface area contributed by atoms with Gasteiger partial charge in [-0.1, -0.05) is 6.92 Å². The largest absolute Gasteiger partial charge is 0.377 e. The second-order valence-electron chi connectivity index (χ2n) is 6.04. The van der Waals surface area contributed by atoms with E-state index in [0.29, 0.717) is 19.1 Å². The first kappa shape index (κ1) is 14.3. The fraction of sp³-hybridized carbons (Fsp3) is 0.857. The van der Waals surface area contributed by atoms with E-state index in [1.54, 1.807) is 4.90 Å². The van der Waals surface area contributed by atoms with Gasteiger partial charge in [0.05, 0.1) is 12.7 Å². The molecule has 1 aliphatic heterocycles. The summed E-state index contributed by atoms with van der Waals surface area (Å²) in [6.45, 7) is 7.11. The molecule has 2 aliphatic rings. The third kappa shape index (κ3) is 2.76. The number of hydrogen-bond donors (Lipinski definition) is 1. The SMILES string of the molecule is CC1CCC2(CC1)C(=O)NC(=O)N2CCOC(C)C. The van der Waals surface area contributed by atoms with Crippen LogP contribution >= 0.6 is 0 Å². The first-order valence-electron chi connectivity index (χ1n) is 7.20. The lowest BCUT2D eigenvalue weighted by Crippen LogP contribution is -2.52. The number of imide groups is 1. The number of nitrogens with zero attached hydrogens (tertiary/aromatic N) is 1. The van der Waals surface area contributed by atoms with Gasteiger partial charge in [0, 0.05) is 6.54 Å². The van der Waals surface area contributed by atoms with Crippen molar-refractivity contribution in [1.82, 2.24) is 10.2 Å².